The van der Waals surface area contributed by atoms with Crippen molar-refractivity contribution in [2.45, 2.75) is 97.2 Å². The highest BCUT2D eigenvalue weighted by Crippen LogP contribution is 2.36. The molecule has 23 heavy (non-hydrogen) atoms. The zero-order valence-electron chi connectivity index (χ0n) is 16.1. The highest BCUT2D eigenvalue weighted by atomic mass is 32.2. The smallest absolute Gasteiger partial charge is 0.240 e. The summed E-state index contributed by atoms with van der Waals surface area (Å²) in [7, 11) is -5.18. The van der Waals surface area contributed by atoms with Crippen molar-refractivity contribution < 1.29 is 17.3 Å². The summed E-state index contributed by atoms with van der Waals surface area (Å²) in [6.07, 6.45) is 9.69. The fourth-order valence-electron chi connectivity index (χ4n) is 1.70. The SMILES string of the molecule is C=S(=O)(OCCCCCCCCCC)OO[Si](C)(C)C(C)(C)C. The van der Waals surface area contributed by atoms with Gasteiger partial charge in [0, 0.05) is 5.87 Å². The monoisotopic (exact) mass is 366 g/mol. The minimum Gasteiger partial charge on any atom is -0.277 e. The Bertz CT molecular complexity index is 399. The molecule has 0 aromatic heterocycles. The Morgan fingerprint density at radius 1 is 0.957 bits per heavy atom. The van der Waals surface area contributed by atoms with Gasteiger partial charge in [0.2, 0.25) is 18.4 Å². The van der Waals surface area contributed by atoms with Crippen molar-refractivity contribution in [1.82, 2.24) is 0 Å². The Morgan fingerprint density at radius 3 is 1.91 bits per heavy atom. The average molecular weight is 367 g/mol. The first kappa shape index (κ1) is 23.1. The van der Waals surface area contributed by atoms with Gasteiger partial charge < -0.3 is 0 Å². The van der Waals surface area contributed by atoms with E-state index < -0.39 is 18.4 Å². The molecular formula is C17H38O4SSi. The van der Waals surface area contributed by atoms with Crippen LogP contribution < -0.4 is 0 Å². The molecule has 0 heterocycles. The first-order valence-electron chi connectivity index (χ1n) is 8.91. The Hall–Kier alpha value is 0.117. The van der Waals surface area contributed by atoms with Crippen LogP contribution in [0.5, 0.6) is 0 Å². The molecule has 0 bridgehead atoms. The van der Waals surface area contributed by atoms with E-state index in [0.29, 0.717) is 6.61 Å². The Labute approximate surface area is 145 Å². The Morgan fingerprint density at radius 2 is 1.43 bits per heavy atom. The topological polar surface area (TPSA) is 44.8 Å². The quantitative estimate of drug-likeness (QED) is 0.139. The van der Waals surface area contributed by atoms with Gasteiger partial charge in [0.15, 0.2) is 0 Å². The van der Waals surface area contributed by atoms with Gasteiger partial charge in [-0.1, -0.05) is 72.6 Å². The summed E-state index contributed by atoms with van der Waals surface area (Å²) < 4.78 is 27.9. The van der Waals surface area contributed by atoms with Crippen molar-refractivity contribution in [2.75, 3.05) is 6.61 Å². The molecule has 0 aromatic rings. The standard InChI is InChI=1S/C17H38O4SSi/c1-8-9-10-11-12-13-14-15-16-19-22(5,18)20-21-23(6,7)17(2,3)4/h5,8-16H2,1-4,6-7H3. The van der Waals surface area contributed by atoms with E-state index >= 15 is 0 Å². The molecule has 0 aromatic carbocycles. The lowest BCUT2D eigenvalue weighted by molar-refractivity contribution is -0.115. The fraction of sp³-hybridized carbons (Fsp3) is 0.941. The molecule has 4 nitrogen and oxygen atoms in total. The summed E-state index contributed by atoms with van der Waals surface area (Å²) in [5.74, 6) is 3.50. The first-order valence-corrected chi connectivity index (χ1v) is 13.4. The van der Waals surface area contributed by atoms with Crippen molar-refractivity contribution in [3.05, 3.63) is 0 Å². The van der Waals surface area contributed by atoms with Gasteiger partial charge in [-0.3, -0.25) is 8.76 Å². The van der Waals surface area contributed by atoms with E-state index in [0.717, 1.165) is 12.8 Å². The second-order valence-corrected chi connectivity index (χ2v) is 13.9. The molecule has 0 N–H and O–H groups in total. The molecule has 0 spiro atoms. The van der Waals surface area contributed by atoms with Crippen LogP contribution in [-0.2, 0) is 23.2 Å². The van der Waals surface area contributed by atoms with Gasteiger partial charge in [-0.25, -0.2) is 4.21 Å². The van der Waals surface area contributed by atoms with Crippen molar-refractivity contribution in [3.8, 4) is 0 Å². The average Bonchev–Trinajstić information content (AvgIpc) is 2.42. The molecular weight excluding hydrogens is 328 g/mol. The van der Waals surface area contributed by atoms with Gasteiger partial charge >= 0.3 is 0 Å². The molecule has 0 saturated heterocycles. The molecule has 0 fully saturated rings. The summed E-state index contributed by atoms with van der Waals surface area (Å²) >= 11 is 0. The Balaban J connectivity index is 3.81. The maximum Gasteiger partial charge on any atom is 0.240 e. The third kappa shape index (κ3) is 11.3. The third-order valence-corrected chi connectivity index (χ3v) is 9.45. The van der Waals surface area contributed by atoms with Crippen molar-refractivity contribution in [3.63, 3.8) is 0 Å². The minimum absolute atomic E-state index is 0.0136. The molecule has 0 rings (SSSR count). The second kappa shape index (κ2) is 10.9. The van der Waals surface area contributed by atoms with Crippen LogP contribution in [0.4, 0.5) is 0 Å². The molecule has 0 aliphatic carbocycles. The lowest BCUT2D eigenvalue weighted by atomic mass is 10.1. The van der Waals surface area contributed by atoms with Crippen LogP contribution in [0.25, 0.3) is 0 Å². The van der Waals surface area contributed by atoms with Crippen LogP contribution >= 0.6 is 0 Å². The van der Waals surface area contributed by atoms with Gasteiger partial charge in [-0.2, -0.15) is 0 Å². The summed E-state index contributed by atoms with van der Waals surface area (Å²) in [5, 5.41) is -0.0136. The summed E-state index contributed by atoms with van der Waals surface area (Å²) in [5.41, 5.74) is 0. The van der Waals surface area contributed by atoms with Crippen LogP contribution in [0.1, 0.15) is 79.1 Å². The lowest BCUT2D eigenvalue weighted by Crippen LogP contribution is -2.41. The zero-order chi connectivity index (χ0) is 18.0. The van der Waals surface area contributed by atoms with Crippen molar-refractivity contribution in [1.29, 1.82) is 0 Å². The maximum absolute atomic E-state index is 12.1. The van der Waals surface area contributed by atoms with Gasteiger partial charge in [0.05, 0.1) is 6.61 Å². The van der Waals surface area contributed by atoms with E-state index in [1.165, 1.54) is 38.5 Å². The summed E-state index contributed by atoms with van der Waals surface area (Å²) in [4.78, 5) is 0. The van der Waals surface area contributed by atoms with E-state index in [9.17, 15) is 4.21 Å². The highest BCUT2D eigenvalue weighted by Gasteiger charge is 2.39. The van der Waals surface area contributed by atoms with Gasteiger partial charge in [-0.15, -0.1) is 4.33 Å². The molecule has 6 heteroatoms. The number of unbranched alkanes of at least 4 members (excludes halogenated alkanes) is 7. The highest BCUT2D eigenvalue weighted by molar-refractivity contribution is 7.91. The normalized spacial score (nSPS) is 15.6. The molecule has 0 saturated carbocycles. The van der Waals surface area contributed by atoms with Crippen LogP contribution in [0.2, 0.25) is 18.1 Å². The maximum atomic E-state index is 12.1. The minimum atomic E-state index is -3.07. The van der Waals surface area contributed by atoms with Crippen LogP contribution in [0.3, 0.4) is 0 Å². The predicted molar refractivity (Wildman–Crippen MR) is 103 cm³/mol. The predicted octanol–water partition coefficient (Wildman–Crippen LogP) is 5.64. The van der Waals surface area contributed by atoms with Crippen molar-refractivity contribution >= 4 is 24.3 Å². The molecule has 0 radical (unpaired) electrons. The molecule has 0 amide bonds. The van der Waals surface area contributed by atoms with Crippen LogP contribution in [0.15, 0.2) is 0 Å². The molecule has 0 aliphatic rings. The number of hydrogen-bond donors (Lipinski definition) is 0. The molecule has 1 unspecified atom stereocenters. The largest absolute Gasteiger partial charge is 0.277 e. The fourth-order valence-corrected chi connectivity index (χ4v) is 3.46. The number of hydrogen-bond acceptors (Lipinski definition) is 4. The van der Waals surface area contributed by atoms with E-state index in [4.69, 9.17) is 13.1 Å². The van der Waals surface area contributed by atoms with E-state index in [-0.39, 0.29) is 5.04 Å². The van der Waals surface area contributed by atoms with Crippen LogP contribution in [-0.4, -0.2) is 25.0 Å². The van der Waals surface area contributed by atoms with Crippen molar-refractivity contribution in [2.24, 2.45) is 0 Å². The summed E-state index contributed by atoms with van der Waals surface area (Å²) in [6.45, 7) is 13.0. The zero-order valence-corrected chi connectivity index (χ0v) is 17.9. The second-order valence-electron chi connectivity index (χ2n) is 7.77. The summed E-state index contributed by atoms with van der Waals surface area (Å²) in [6, 6.07) is 0. The van der Waals surface area contributed by atoms with Crippen LogP contribution in [0, 0.1) is 0 Å². The third-order valence-electron chi connectivity index (χ3n) is 4.41. The first-order chi connectivity index (χ1) is 10.5. The molecule has 140 valence electrons. The molecule has 0 aliphatic heterocycles. The van der Waals surface area contributed by atoms with Gasteiger partial charge in [0.25, 0.3) is 0 Å². The van der Waals surface area contributed by atoms with E-state index in [1.54, 1.807) is 0 Å². The van der Waals surface area contributed by atoms with Gasteiger partial charge in [-0.05, 0) is 24.6 Å². The van der Waals surface area contributed by atoms with E-state index in [2.05, 4.69) is 33.6 Å². The molecule has 1 atom stereocenters. The lowest BCUT2D eigenvalue weighted by Gasteiger charge is -2.34. The number of rotatable bonds is 13. The van der Waals surface area contributed by atoms with Gasteiger partial charge in [0.1, 0.15) is 0 Å². The van der Waals surface area contributed by atoms with E-state index in [1.807, 2.05) is 13.1 Å². The Kier molecular flexibility index (Phi) is 10.9.